The minimum atomic E-state index is -0.392. The van der Waals surface area contributed by atoms with Crippen LogP contribution in [0, 0.1) is 11.2 Å². The molecule has 2 aromatic rings. The van der Waals surface area contributed by atoms with Gasteiger partial charge >= 0.3 is 0 Å². The Morgan fingerprint density at radius 3 is 2.92 bits per heavy atom. The fourth-order valence-electron chi connectivity index (χ4n) is 4.13. The molecular weight excluding hydrogens is 307 g/mol. The predicted molar refractivity (Wildman–Crippen MR) is 87.8 cm³/mol. The number of nitrogens with zero attached hydrogens (tertiary/aromatic N) is 4. The molecule has 1 aliphatic heterocycles. The summed E-state index contributed by atoms with van der Waals surface area (Å²) < 4.78 is 16.4. The summed E-state index contributed by atoms with van der Waals surface area (Å²) in [7, 11) is 0. The average molecular weight is 328 g/mol. The smallest absolute Gasteiger partial charge is 0.223 e. The molecule has 24 heavy (non-hydrogen) atoms. The molecule has 0 aromatic carbocycles. The maximum atomic E-state index is 14.4. The van der Waals surface area contributed by atoms with Crippen LogP contribution in [0.4, 0.5) is 10.3 Å². The van der Waals surface area contributed by atoms with Gasteiger partial charge < -0.3 is 11.1 Å². The summed E-state index contributed by atoms with van der Waals surface area (Å²) in [6, 6.07) is 0.502. The maximum Gasteiger partial charge on any atom is 0.223 e. The van der Waals surface area contributed by atoms with Gasteiger partial charge in [0.05, 0.1) is 12.4 Å². The van der Waals surface area contributed by atoms with Gasteiger partial charge in [0.25, 0.3) is 0 Å². The molecule has 1 spiro atoms. The van der Waals surface area contributed by atoms with E-state index in [1.54, 1.807) is 6.20 Å². The second-order valence-corrected chi connectivity index (χ2v) is 7.64. The van der Waals surface area contributed by atoms with E-state index in [0.29, 0.717) is 17.1 Å². The number of hydrogen-bond acceptors (Lipinski definition) is 5. The van der Waals surface area contributed by atoms with E-state index >= 15 is 0 Å². The van der Waals surface area contributed by atoms with Gasteiger partial charge in [-0.05, 0) is 43.9 Å². The highest BCUT2D eigenvalue weighted by Gasteiger charge is 2.48. The third-order valence-corrected chi connectivity index (χ3v) is 5.74. The Labute approximate surface area is 139 Å². The molecule has 0 unspecified atom stereocenters. The van der Waals surface area contributed by atoms with Crippen molar-refractivity contribution in [1.82, 2.24) is 19.7 Å². The summed E-state index contributed by atoms with van der Waals surface area (Å²) in [5.41, 5.74) is 8.62. The molecule has 6 nitrogen and oxygen atoms in total. The predicted octanol–water partition coefficient (Wildman–Crippen LogP) is 2.11. The third-order valence-electron chi connectivity index (χ3n) is 5.74. The lowest BCUT2D eigenvalue weighted by Crippen LogP contribution is -2.21. The van der Waals surface area contributed by atoms with E-state index < -0.39 is 5.82 Å². The molecule has 0 saturated heterocycles. The molecule has 3 N–H and O–H groups in total. The lowest BCUT2D eigenvalue weighted by atomic mass is 10.0. The van der Waals surface area contributed by atoms with Gasteiger partial charge in [0, 0.05) is 29.9 Å². The summed E-state index contributed by atoms with van der Waals surface area (Å²) >= 11 is 0. The molecule has 3 heterocycles. The maximum absolute atomic E-state index is 14.4. The van der Waals surface area contributed by atoms with Crippen LogP contribution in [0.15, 0.2) is 12.4 Å². The zero-order valence-electron chi connectivity index (χ0n) is 13.5. The zero-order valence-corrected chi connectivity index (χ0v) is 13.5. The standard InChI is InChI=1S/C17H21FN6/c18-13-8-20-16(22-11-2-1-10(19)5-11)23-15(13)12-7-21-24-9-17(3-4-17)6-14(12)24/h7-8,10-11H,1-6,9,19H2,(H,20,22,23)/t10-,11-/m1/s1. The van der Waals surface area contributed by atoms with Crippen molar-refractivity contribution in [2.45, 2.75) is 57.2 Å². The summed E-state index contributed by atoms with van der Waals surface area (Å²) in [6.45, 7) is 0.958. The molecule has 2 fully saturated rings. The minimum Gasteiger partial charge on any atom is -0.351 e. The molecule has 2 saturated carbocycles. The first-order valence-electron chi connectivity index (χ1n) is 8.72. The number of hydrogen-bond donors (Lipinski definition) is 2. The van der Waals surface area contributed by atoms with Crippen molar-refractivity contribution in [3.63, 3.8) is 0 Å². The first-order chi connectivity index (χ1) is 11.6. The first-order valence-corrected chi connectivity index (χ1v) is 8.72. The molecule has 3 aliphatic rings. The van der Waals surface area contributed by atoms with Gasteiger partial charge in [-0.15, -0.1) is 0 Å². The number of anilines is 1. The van der Waals surface area contributed by atoms with Crippen LogP contribution in [0.3, 0.4) is 0 Å². The van der Waals surface area contributed by atoms with E-state index in [2.05, 4.69) is 20.4 Å². The van der Waals surface area contributed by atoms with Crippen molar-refractivity contribution in [2.24, 2.45) is 11.1 Å². The topological polar surface area (TPSA) is 81.6 Å². The summed E-state index contributed by atoms with van der Waals surface area (Å²) in [5, 5.41) is 7.75. The number of fused-ring (bicyclic) bond motifs is 1. The number of halogens is 1. The highest BCUT2D eigenvalue weighted by molar-refractivity contribution is 5.64. The fourth-order valence-corrected chi connectivity index (χ4v) is 4.13. The van der Waals surface area contributed by atoms with Gasteiger partial charge in [-0.2, -0.15) is 5.10 Å². The summed E-state index contributed by atoms with van der Waals surface area (Å²) in [5.74, 6) is 0.0841. The highest BCUT2D eigenvalue weighted by atomic mass is 19.1. The number of nitrogens with one attached hydrogen (secondary N) is 1. The van der Waals surface area contributed by atoms with Crippen molar-refractivity contribution < 1.29 is 4.39 Å². The molecule has 2 aliphatic carbocycles. The third kappa shape index (κ3) is 2.30. The van der Waals surface area contributed by atoms with Crippen molar-refractivity contribution in [3.05, 3.63) is 23.9 Å². The molecule has 5 rings (SSSR count). The average Bonchev–Trinajstić information content (AvgIpc) is 2.84. The number of nitrogens with two attached hydrogens (primary N) is 1. The highest BCUT2D eigenvalue weighted by Crippen LogP contribution is 2.54. The molecule has 126 valence electrons. The van der Waals surface area contributed by atoms with Crippen molar-refractivity contribution in [3.8, 4) is 11.3 Å². The molecular formula is C17H21FN6. The Kier molecular flexibility index (Phi) is 2.98. The van der Waals surface area contributed by atoms with Crippen LogP contribution in [0.25, 0.3) is 11.3 Å². The normalized spacial score (nSPS) is 26.8. The van der Waals surface area contributed by atoms with Gasteiger partial charge in [0.2, 0.25) is 5.95 Å². The number of aromatic nitrogens is 4. The molecule has 0 radical (unpaired) electrons. The second kappa shape index (κ2) is 4.99. The van der Waals surface area contributed by atoms with Gasteiger partial charge in [-0.25, -0.2) is 14.4 Å². The fraction of sp³-hybridized carbons (Fsp3) is 0.588. The quantitative estimate of drug-likeness (QED) is 0.902. The van der Waals surface area contributed by atoms with E-state index in [-0.39, 0.29) is 12.1 Å². The zero-order chi connectivity index (χ0) is 16.3. The van der Waals surface area contributed by atoms with E-state index in [1.165, 1.54) is 19.0 Å². The first kappa shape index (κ1) is 14.3. The van der Waals surface area contributed by atoms with Crippen LogP contribution in [-0.2, 0) is 13.0 Å². The van der Waals surface area contributed by atoms with Crippen molar-refractivity contribution >= 4 is 5.95 Å². The van der Waals surface area contributed by atoms with Crippen LogP contribution in [0.1, 0.15) is 37.8 Å². The van der Waals surface area contributed by atoms with Gasteiger partial charge in [0.1, 0.15) is 5.69 Å². The van der Waals surface area contributed by atoms with Crippen LogP contribution in [0.2, 0.25) is 0 Å². The number of rotatable bonds is 3. The Morgan fingerprint density at radius 2 is 2.17 bits per heavy atom. The Hall–Kier alpha value is -2.02. The lowest BCUT2D eigenvalue weighted by molar-refractivity contribution is 0.471. The van der Waals surface area contributed by atoms with Crippen molar-refractivity contribution in [1.29, 1.82) is 0 Å². The molecule has 2 aromatic heterocycles. The second-order valence-electron chi connectivity index (χ2n) is 7.64. The van der Waals surface area contributed by atoms with E-state index in [0.717, 1.165) is 43.5 Å². The van der Waals surface area contributed by atoms with Gasteiger partial charge in [-0.3, -0.25) is 4.68 Å². The molecule has 0 bridgehead atoms. The van der Waals surface area contributed by atoms with Crippen LogP contribution < -0.4 is 11.1 Å². The molecule has 2 atom stereocenters. The lowest BCUT2D eigenvalue weighted by Gasteiger charge is -2.13. The van der Waals surface area contributed by atoms with Gasteiger partial charge in [-0.1, -0.05) is 0 Å². The Bertz CT molecular complexity index is 796. The molecule has 0 amide bonds. The van der Waals surface area contributed by atoms with Gasteiger partial charge in [0.15, 0.2) is 5.82 Å². The van der Waals surface area contributed by atoms with E-state index in [1.807, 2.05) is 4.68 Å². The minimum absolute atomic E-state index is 0.232. The Morgan fingerprint density at radius 1 is 1.29 bits per heavy atom. The van der Waals surface area contributed by atoms with Crippen molar-refractivity contribution in [2.75, 3.05) is 5.32 Å². The molecule has 7 heteroatoms. The van der Waals surface area contributed by atoms with Crippen LogP contribution >= 0.6 is 0 Å². The summed E-state index contributed by atoms with van der Waals surface area (Å²) in [4.78, 5) is 8.56. The largest absolute Gasteiger partial charge is 0.351 e. The van der Waals surface area contributed by atoms with Crippen LogP contribution in [-0.4, -0.2) is 31.8 Å². The Balaban J connectivity index is 1.45. The van der Waals surface area contributed by atoms with E-state index in [9.17, 15) is 4.39 Å². The summed E-state index contributed by atoms with van der Waals surface area (Å²) in [6.07, 6.45) is 9.38. The van der Waals surface area contributed by atoms with Crippen LogP contribution in [0.5, 0.6) is 0 Å². The monoisotopic (exact) mass is 328 g/mol. The SMILES string of the molecule is N[C@@H]1CC[C@@H](Nc2ncc(F)c(-c3cnn4c3CC3(CC3)C4)n2)C1. The van der Waals surface area contributed by atoms with E-state index in [4.69, 9.17) is 5.73 Å².